The van der Waals surface area contributed by atoms with Gasteiger partial charge in [-0.1, -0.05) is 11.8 Å². The van der Waals surface area contributed by atoms with Gasteiger partial charge in [0.25, 0.3) is 0 Å². The summed E-state index contributed by atoms with van der Waals surface area (Å²) in [5.74, 6) is 1.22. The Balaban J connectivity index is 1.77. The van der Waals surface area contributed by atoms with Gasteiger partial charge in [-0.15, -0.1) is 21.5 Å². The van der Waals surface area contributed by atoms with E-state index >= 15 is 0 Å². The number of nitrogens with zero attached hydrogens (tertiary/aromatic N) is 5. The van der Waals surface area contributed by atoms with Crippen molar-refractivity contribution in [3.05, 3.63) is 23.5 Å². The molecule has 0 aliphatic heterocycles. The van der Waals surface area contributed by atoms with Crippen LogP contribution in [0.25, 0.3) is 4.96 Å². The van der Waals surface area contributed by atoms with Crippen LogP contribution >= 0.6 is 23.1 Å². The largest absolute Gasteiger partial charge is 0.368 e. The number of nitrogens with two attached hydrogens (primary N) is 1. The first kappa shape index (κ1) is 12.5. The van der Waals surface area contributed by atoms with Gasteiger partial charge in [-0.3, -0.25) is 8.97 Å². The average Bonchev–Trinajstić information content (AvgIpc) is 2.99. The van der Waals surface area contributed by atoms with Crippen LogP contribution in [0.1, 0.15) is 25.6 Å². The third-order valence-corrected chi connectivity index (χ3v) is 4.45. The van der Waals surface area contributed by atoms with Crippen LogP contribution in [0.15, 0.2) is 22.9 Å². The van der Waals surface area contributed by atoms with Crippen molar-refractivity contribution in [2.45, 2.75) is 30.8 Å². The lowest BCUT2D eigenvalue weighted by molar-refractivity contribution is 0.557. The Kier molecular flexibility index (Phi) is 3.19. The SMILES string of the molecule is CC(C)n1c(N)nnc1SCc1cn2ccsc2n1. The molecule has 6 nitrogen and oxygen atoms in total. The molecule has 8 heteroatoms. The molecule has 3 rings (SSSR count). The molecule has 2 N–H and O–H groups in total. The van der Waals surface area contributed by atoms with E-state index in [0.717, 1.165) is 21.6 Å². The smallest absolute Gasteiger partial charge is 0.222 e. The Morgan fingerprint density at radius 1 is 1.42 bits per heavy atom. The molecule has 0 aliphatic rings. The van der Waals surface area contributed by atoms with Crippen molar-refractivity contribution in [1.29, 1.82) is 0 Å². The van der Waals surface area contributed by atoms with E-state index in [4.69, 9.17) is 5.73 Å². The maximum atomic E-state index is 5.81. The standard InChI is InChI=1S/C11H14N6S2/c1-7(2)17-9(12)14-15-11(17)19-6-8-5-16-3-4-18-10(16)13-8/h3-5,7H,6H2,1-2H3,(H2,12,14). The van der Waals surface area contributed by atoms with Crippen molar-refractivity contribution in [3.8, 4) is 0 Å². The molecule has 0 unspecified atom stereocenters. The van der Waals surface area contributed by atoms with Crippen molar-refractivity contribution in [2.24, 2.45) is 0 Å². The number of rotatable bonds is 4. The van der Waals surface area contributed by atoms with E-state index in [2.05, 4.69) is 29.0 Å². The lowest BCUT2D eigenvalue weighted by Gasteiger charge is -2.10. The number of hydrogen-bond donors (Lipinski definition) is 1. The van der Waals surface area contributed by atoms with E-state index in [-0.39, 0.29) is 6.04 Å². The zero-order chi connectivity index (χ0) is 13.4. The van der Waals surface area contributed by atoms with Crippen LogP contribution in [0, 0.1) is 0 Å². The maximum absolute atomic E-state index is 5.81. The summed E-state index contributed by atoms with van der Waals surface area (Å²) in [6.45, 7) is 4.13. The Labute approximate surface area is 118 Å². The minimum Gasteiger partial charge on any atom is -0.368 e. The summed E-state index contributed by atoms with van der Waals surface area (Å²) in [7, 11) is 0. The van der Waals surface area contributed by atoms with E-state index in [1.54, 1.807) is 23.1 Å². The number of fused-ring (bicyclic) bond motifs is 1. The zero-order valence-electron chi connectivity index (χ0n) is 10.6. The van der Waals surface area contributed by atoms with Gasteiger partial charge < -0.3 is 5.73 Å². The van der Waals surface area contributed by atoms with Gasteiger partial charge in [-0.2, -0.15) is 0 Å². The topological polar surface area (TPSA) is 74.0 Å². The minimum atomic E-state index is 0.253. The number of aromatic nitrogens is 5. The van der Waals surface area contributed by atoms with Crippen LogP contribution in [0.4, 0.5) is 5.95 Å². The number of thiazole rings is 1. The van der Waals surface area contributed by atoms with E-state index in [0.29, 0.717) is 5.95 Å². The second-order valence-corrected chi connectivity index (χ2v) is 6.23. The second kappa shape index (κ2) is 4.86. The molecule has 0 aromatic carbocycles. The maximum Gasteiger partial charge on any atom is 0.222 e. The lowest BCUT2D eigenvalue weighted by atomic mass is 10.4. The van der Waals surface area contributed by atoms with Crippen LogP contribution < -0.4 is 5.73 Å². The fourth-order valence-electron chi connectivity index (χ4n) is 1.86. The summed E-state index contributed by atoms with van der Waals surface area (Å²) in [6, 6.07) is 0.253. The lowest BCUT2D eigenvalue weighted by Crippen LogP contribution is -2.07. The molecule has 3 aromatic rings. The highest BCUT2D eigenvalue weighted by molar-refractivity contribution is 7.98. The number of thioether (sulfide) groups is 1. The number of nitrogen functional groups attached to an aromatic ring is 1. The molecule has 0 radical (unpaired) electrons. The third-order valence-electron chi connectivity index (χ3n) is 2.70. The summed E-state index contributed by atoms with van der Waals surface area (Å²) in [5.41, 5.74) is 6.85. The molecule has 3 heterocycles. The molecule has 0 saturated carbocycles. The molecule has 0 fully saturated rings. The van der Waals surface area contributed by atoms with Crippen molar-refractivity contribution >= 4 is 34.0 Å². The summed E-state index contributed by atoms with van der Waals surface area (Å²) < 4.78 is 3.96. The van der Waals surface area contributed by atoms with Crippen LogP contribution in [0.2, 0.25) is 0 Å². The number of hydrogen-bond acceptors (Lipinski definition) is 6. The van der Waals surface area contributed by atoms with Crippen LogP contribution in [-0.4, -0.2) is 24.1 Å². The molecule has 0 amide bonds. The van der Waals surface area contributed by atoms with E-state index in [9.17, 15) is 0 Å². The zero-order valence-corrected chi connectivity index (χ0v) is 12.3. The molecule has 19 heavy (non-hydrogen) atoms. The first-order valence-corrected chi connectivity index (χ1v) is 7.76. The van der Waals surface area contributed by atoms with Crippen LogP contribution in [0.5, 0.6) is 0 Å². The monoisotopic (exact) mass is 294 g/mol. The molecule has 0 bridgehead atoms. The minimum absolute atomic E-state index is 0.253. The van der Waals surface area contributed by atoms with Crippen molar-refractivity contribution in [3.63, 3.8) is 0 Å². The normalized spacial score (nSPS) is 11.7. The highest BCUT2D eigenvalue weighted by Gasteiger charge is 2.13. The van der Waals surface area contributed by atoms with Gasteiger partial charge in [0.05, 0.1) is 5.69 Å². The predicted octanol–water partition coefficient (Wildman–Crippen LogP) is 2.44. The van der Waals surface area contributed by atoms with Crippen LogP contribution in [-0.2, 0) is 5.75 Å². The molecule has 3 aromatic heterocycles. The van der Waals surface area contributed by atoms with Gasteiger partial charge in [0.1, 0.15) is 0 Å². The van der Waals surface area contributed by atoms with Gasteiger partial charge in [-0.05, 0) is 13.8 Å². The quantitative estimate of drug-likeness (QED) is 0.748. The molecular formula is C11H14N6S2. The highest BCUT2D eigenvalue weighted by atomic mass is 32.2. The van der Waals surface area contributed by atoms with E-state index in [1.807, 2.05) is 26.7 Å². The summed E-state index contributed by atoms with van der Waals surface area (Å²) in [4.78, 5) is 5.56. The first-order valence-electron chi connectivity index (χ1n) is 5.89. The van der Waals surface area contributed by atoms with Crippen LogP contribution in [0.3, 0.4) is 0 Å². The Hall–Kier alpha value is -1.54. The van der Waals surface area contributed by atoms with Crippen molar-refractivity contribution < 1.29 is 0 Å². The van der Waals surface area contributed by atoms with Gasteiger partial charge in [0.15, 0.2) is 10.1 Å². The highest BCUT2D eigenvalue weighted by Crippen LogP contribution is 2.26. The fourth-order valence-corrected chi connectivity index (χ4v) is 3.53. The molecule has 100 valence electrons. The summed E-state index contributed by atoms with van der Waals surface area (Å²) in [6.07, 6.45) is 4.05. The molecule has 0 spiro atoms. The van der Waals surface area contributed by atoms with Gasteiger partial charge in [-0.25, -0.2) is 4.98 Å². The second-order valence-electron chi connectivity index (χ2n) is 4.42. The Morgan fingerprint density at radius 2 is 2.26 bits per heavy atom. The fraction of sp³-hybridized carbons (Fsp3) is 0.364. The first-order chi connectivity index (χ1) is 9.15. The van der Waals surface area contributed by atoms with Gasteiger partial charge in [0.2, 0.25) is 5.95 Å². The molecule has 0 atom stereocenters. The molecule has 0 saturated heterocycles. The predicted molar refractivity (Wildman–Crippen MR) is 77.4 cm³/mol. The van der Waals surface area contributed by atoms with Gasteiger partial charge in [0, 0.05) is 29.6 Å². The Morgan fingerprint density at radius 3 is 3.00 bits per heavy atom. The summed E-state index contributed by atoms with van der Waals surface area (Å²) >= 11 is 3.24. The number of imidazole rings is 1. The van der Waals surface area contributed by atoms with Gasteiger partial charge >= 0.3 is 0 Å². The number of anilines is 1. The summed E-state index contributed by atoms with van der Waals surface area (Å²) in [5, 5.41) is 10.9. The molecule has 0 aliphatic carbocycles. The van der Waals surface area contributed by atoms with E-state index < -0.39 is 0 Å². The van der Waals surface area contributed by atoms with Crippen molar-refractivity contribution in [2.75, 3.05) is 5.73 Å². The Bertz CT molecular complexity index is 666. The third kappa shape index (κ3) is 2.33. The molecular weight excluding hydrogens is 280 g/mol. The van der Waals surface area contributed by atoms with Crippen molar-refractivity contribution in [1.82, 2.24) is 24.1 Å². The average molecular weight is 294 g/mol. The van der Waals surface area contributed by atoms with E-state index in [1.165, 1.54) is 0 Å².